The van der Waals surface area contributed by atoms with Crippen molar-refractivity contribution in [1.29, 1.82) is 0 Å². The highest BCUT2D eigenvalue weighted by atomic mass is 35.5. The lowest BCUT2D eigenvalue weighted by atomic mass is 9.91. The molecule has 3 rings (SSSR count). The Kier molecular flexibility index (Phi) is 6.47. The molecule has 2 atom stereocenters. The van der Waals surface area contributed by atoms with Gasteiger partial charge >= 0.3 is 0 Å². The summed E-state index contributed by atoms with van der Waals surface area (Å²) in [5.41, 5.74) is 2.24. The van der Waals surface area contributed by atoms with Gasteiger partial charge in [0.2, 0.25) is 0 Å². The number of hydrogen-bond acceptors (Lipinski definition) is 3. The fourth-order valence-electron chi connectivity index (χ4n) is 3.55. The average molecular weight is 414 g/mol. The zero-order chi connectivity index (χ0) is 20.3. The first kappa shape index (κ1) is 20.5. The lowest BCUT2D eigenvalue weighted by Gasteiger charge is -2.26. The molecular weight excluding hydrogens is 390 g/mol. The van der Waals surface area contributed by atoms with Crippen LogP contribution in [-0.4, -0.2) is 39.6 Å². The van der Waals surface area contributed by atoms with Crippen molar-refractivity contribution in [2.45, 2.75) is 26.8 Å². The van der Waals surface area contributed by atoms with Gasteiger partial charge in [0.15, 0.2) is 0 Å². The van der Waals surface area contributed by atoms with Crippen LogP contribution in [0.4, 0.5) is 0 Å². The van der Waals surface area contributed by atoms with E-state index in [-0.39, 0.29) is 17.9 Å². The molecule has 2 aromatic rings. The summed E-state index contributed by atoms with van der Waals surface area (Å²) < 4.78 is 0. The van der Waals surface area contributed by atoms with Crippen molar-refractivity contribution in [2.24, 2.45) is 11.0 Å². The van der Waals surface area contributed by atoms with Crippen LogP contribution in [0.1, 0.15) is 42.7 Å². The number of halogens is 1. The fourth-order valence-corrected chi connectivity index (χ4v) is 4.25. The van der Waals surface area contributed by atoms with E-state index in [0.29, 0.717) is 15.6 Å². The van der Waals surface area contributed by atoms with Crippen molar-refractivity contribution in [3.8, 4) is 0 Å². The number of rotatable bonds is 5. The van der Waals surface area contributed by atoms with Crippen LogP contribution in [0.3, 0.4) is 0 Å². The van der Waals surface area contributed by atoms with E-state index in [4.69, 9.17) is 28.9 Å². The van der Waals surface area contributed by atoms with E-state index in [9.17, 15) is 4.79 Å². The first-order valence-corrected chi connectivity index (χ1v) is 10.3. The lowest BCUT2D eigenvalue weighted by Crippen LogP contribution is -2.37. The number of nitrogens with zero attached hydrogens (tertiary/aromatic N) is 3. The second kappa shape index (κ2) is 8.84. The van der Waals surface area contributed by atoms with Crippen LogP contribution in [-0.2, 0) is 0 Å². The molecule has 0 N–H and O–H groups in total. The van der Waals surface area contributed by atoms with Crippen molar-refractivity contribution in [1.82, 2.24) is 9.91 Å². The summed E-state index contributed by atoms with van der Waals surface area (Å²) in [7, 11) is 0. The van der Waals surface area contributed by atoms with Crippen molar-refractivity contribution in [3.63, 3.8) is 0 Å². The SMILES string of the molecule is CCN(CC)C(=S)C1=NN(C(=O)c2ccccc2Cl)C(c2ccccc2)C1C. The minimum absolute atomic E-state index is 0.0260. The van der Waals surface area contributed by atoms with Crippen LogP contribution in [0, 0.1) is 5.92 Å². The van der Waals surface area contributed by atoms with E-state index in [2.05, 4.69) is 25.7 Å². The lowest BCUT2D eigenvalue weighted by molar-refractivity contribution is 0.0689. The summed E-state index contributed by atoms with van der Waals surface area (Å²) in [6, 6.07) is 16.8. The molecule has 0 spiro atoms. The van der Waals surface area contributed by atoms with Crippen molar-refractivity contribution in [3.05, 3.63) is 70.7 Å². The molecule has 6 heteroatoms. The summed E-state index contributed by atoms with van der Waals surface area (Å²) in [6.07, 6.45) is 0. The van der Waals surface area contributed by atoms with Crippen LogP contribution < -0.4 is 0 Å². The summed E-state index contributed by atoms with van der Waals surface area (Å²) in [4.78, 5) is 16.1. The molecule has 0 aliphatic carbocycles. The molecule has 0 bridgehead atoms. The minimum Gasteiger partial charge on any atom is -0.362 e. The number of carbonyl (C=O) groups is 1. The van der Waals surface area contributed by atoms with E-state index in [1.165, 1.54) is 0 Å². The first-order chi connectivity index (χ1) is 13.5. The summed E-state index contributed by atoms with van der Waals surface area (Å²) in [6.45, 7) is 7.81. The first-order valence-electron chi connectivity index (χ1n) is 9.50. The van der Waals surface area contributed by atoms with Gasteiger partial charge in [-0.05, 0) is 31.5 Å². The largest absolute Gasteiger partial charge is 0.362 e. The summed E-state index contributed by atoms with van der Waals surface area (Å²) in [5, 5.41) is 6.69. The predicted molar refractivity (Wildman–Crippen MR) is 119 cm³/mol. The zero-order valence-corrected chi connectivity index (χ0v) is 17.9. The maximum atomic E-state index is 13.4. The van der Waals surface area contributed by atoms with Gasteiger partial charge in [-0.2, -0.15) is 5.10 Å². The Morgan fingerprint density at radius 1 is 1.11 bits per heavy atom. The highest BCUT2D eigenvalue weighted by Gasteiger charge is 2.41. The zero-order valence-electron chi connectivity index (χ0n) is 16.3. The molecule has 1 aliphatic heterocycles. The third-order valence-corrected chi connectivity index (χ3v) is 5.90. The van der Waals surface area contributed by atoms with Gasteiger partial charge in [-0.1, -0.05) is 73.2 Å². The van der Waals surface area contributed by atoms with Crippen LogP contribution in [0.15, 0.2) is 59.7 Å². The molecule has 2 aromatic carbocycles. The van der Waals surface area contributed by atoms with Crippen molar-refractivity contribution in [2.75, 3.05) is 13.1 Å². The third kappa shape index (κ3) is 3.82. The second-order valence-corrected chi connectivity index (χ2v) is 7.53. The van der Waals surface area contributed by atoms with Gasteiger partial charge in [-0.25, -0.2) is 5.01 Å². The number of hydrogen-bond donors (Lipinski definition) is 0. The quantitative estimate of drug-likeness (QED) is 0.632. The van der Waals surface area contributed by atoms with Gasteiger partial charge in [0, 0.05) is 19.0 Å². The van der Waals surface area contributed by atoms with Crippen LogP contribution in [0.2, 0.25) is 5.02 Å². The summed E-state index contributed by atoms with van der Waals surface area (Å²) in [5.74, 6) is -0.245. The molecule has 0 saturated heterocycles. The Morgan fingerprint density at radius 3 is 2.32 bits per heavy atom. The van der Waals surface area contributed by atoms with Crippen LogP contribution in [0.25, 0.3) is 0 Å². The van der Waals surface area contributed by atoms with E-state index in [0.717, 1.165) is 24.4 Å². The van der Waals surface area contributed by atoms with Gasteiger partial charge in [-0.15, -0.1) is 0 Å². The monoisotopic (exact) mass is 413 g/mol. The maximum absolute atomic E-state index is 13.4. The maximum Gasteiger partial charge on any atom is 0.276 e. The molecule has 28 heavy (non-hydrogen) atoms. The Morgan fingerprint density at radius 2 is 1.71 bits per heavy atom. The average Bonchev–Trinajstić information content (AvgIpc) is 3.06. The molecule has 1 heterocycles. The van der Waals surface area contributed by atoms with Crippen LogP contribution >= 0.6 is 23.8 Å². The van der Waals surface area contributed by atoms with E-state index in [1.807, 2.05) is 36.4 Å². The van der Waals surface area contributed by atoms with E-state index < -0.39 is 0 Å². The standard InChI is InChI=1S/C22H24ClN3OS/c1-4-25(5-2)22(28)19-15(3)20(16-11-7-6-8-12-16)26(24-19)21(27)17-13-9-10-14-18(17)23/h6-15,20H,4-5H2,1-3H3. The second-order valence-electron chi connectivity index (χ2n) is 6.74. The molecule has 1 aliphatic rings. The molecule has 146 valence electrons. The smallest absolute Gasteiger partial charge is 0.276 e. The molecule has 1 amide bonds. The van der Waals surface area contributed by atoms with Crippen molar-refractivity contribution < 1.29 is 4.79 Å². The topological polar surface area (TPSA) is 35.9 Å². The van der Waals surface area contributed by atoms with Gasteiger partial charge in [0.1, 0.15) is 10.7 Å². The number of hydrazone groups is 1. The Labute approximate surface area is 176 Å². The Hall–Kier alpha value is -2.24. The van der Waals surface area contributed by atoms with Gasteiger partial charge in [0.25, 0.3) is 5.91 Å². The molecule has 0 saturated carbocycles. The highest BCUT2D eigenvalue weighted by molar-refractivity contribution is 7.82. The van der Waals surface area contributed by atoms with Gasteiger partial charge < -0.3 is 4.90 Å². The van der Waals surface area contributed by atoms with Crippen molar-refractivity contribution >= 4 is 40.4 Å². The van der Waals surface area contributed by atoms with Crippen LogP contribution in [0.5, 0.6) is 0 Å². The molecule has 0 fully saturated rings. The van der Waals surface area contributed by atoms with E-state index in [1.54, 1.807) is 23.2 Å². The number of thiocarbonyl (C=S) groups is 1. The molecule has 4 nitrogen and oxygen atoms in total. The van der Waals surface area contributed by atoms with Gasteiger partial charge in [-0.3, -0.25) is 4.79 Å². The molecular formula is C22H24ClN3OS. The molecule has 0 aromatic heterocycles. The fraction of sp³-hybridized carbons (Fsp3) is 0.318. The summed E-state index contributed by atoms with van der Waals surface area (Å²) >= 11 is 12.0. The molecule has 0 radical (unpaired) electrons. The Balaban J connectivity index is 2.05. The predicted octanol–water partition coefficient (Wildman–Crippen LogP) is 5.20. The highest BCUT2D eigenvalue weighted by Crippen LogP contribution is 2.38. The third-order valence-electron chi connectivity index (χ3n) is 5.11. The normalized spacial score (nSPS) is 18.7. The number of carbonyl (C=O) groups excluding carboxylic acids is 1. The minimum atomic E-state index is -0.228. The Bertz CT molecular complexity index is 896. The van der Waals surface area contributed by atoms with E-state index >= 15 is 0 Å². The van der Waals surface area contributed by atoms with Gasteiger partial charge in [0.05, 0.1) is 16.6 Å². The molecule has 2 unspecified atom stereocenters. The number of amides is 1. The number of benzene rings is 2.